The monoisotopic (exact) mass is 405 g/mol. The average molecular weight is 405 g/mol. The summed E-state index contributed by atoms with van der Waals surface area (Å²) in [5, 5.41) is 2.86. The maximum atomic E-state index is 12.4. The zero-order valence-corrected chi connectivity index (χ0v) is 17.3. The van der Waals surface area contributed by atoms with Crippen molar-refractivity contribution >= 4 is 17.7 Å². The number of nitrogens with zero attached hydrogens (tertiary/aromatic N) is 2. The topological polar surface area (TPSA) is 82.6 Å². The standard InChI is InChI=1S/C23H23N3O4/c1-15-24-11-10-19(25-15)17-6-5-7-18(14-17)26-22(27)9-8-16-12-20(28-2)23(30-4)21(13-16)29-3/h5-14H,1-4H3,(H,26,27). The van der Waals surface area contributed by atoms with Crippen molar-refractivity contribution in [3.05, 3.63) is 66.1 Å². The number of rotatable bonds is 7. The zero-order valence-electron chi connectivity index (χ0n) is 17.3. The first-order chi connectivity index (χ1) is 14.5. The Morgan fingerprint density at radius 3 is 2.37 bits per heavy atom. The van der Waals surface area contributed by atoms with E-state index < -0.39 is 0 Å². The normalized spacial score (nSPS) is 10.7. The Hall–Kier alpha value is -3.87. The lowest BCUT2D eigenvalue weighted by Crippen LogP contribution is -2.07. The third-order valence-corrected chi connectivity index (χ3v) is 4.32. The van der Waals surface area contributed by atoms with Gasteiger partial charge in [-0.25, -0.2) is 9.97 Å². The summed E-state index contributed by atoms with van der Waals surface area (Å²) in [5.41, 5.74) is 3.10. The zero-order chi connectivity index (χ0) is 21.5. The molecule has 30 heavy (non-hydrogen) atoms. The third kappa shape index (κ3) is 4.94. The van der Waals surface area contributed by atoms with Gasteiger partial charge in [-0.1, -0.05) is 12.1 Å². The number of nitrogens with one attached hydrogen (secondary N) is 1. The highest BCUT2D eigenvalue weighted by Crippen LogP contribution is 2.38. The second kappa shape index (κ2) is 9.56. The second-order valence-electron chi connectivity index (χ2n) is 6.35. The number of aryl methyl sites for hydroxylation is 1. The Morgan fingerprint density at radius 2 is 1.73 bits per heavy atom. The summed E-state index contributed by atoms with van der Waals surface area (Å²) >= 11 is 0. The molecule has 1 N–H and O–H groups in total. The molecule has 7 heteroatoms. The van der Waals surface area contributed by atoms with Crippen LogP contribution in [0.1, 0.15) is 11.4 Å². The minimum atomic E-state index is -0.264. The predicted octanol–water partition coefficient (Wildman–Crippen LogP) is 4.13. The maximum absolute atomic E-state index is 12.4. The Balaban J connectivity index is 1.76. The average Bonchev–Trinajstić information content (AvgIpc) is 2.77. The quantitative estimate of drug-likeness (QED) is 0.595. The number of benzene rings is 2. The van der Waals surface area contributed by atoms with E-state index in [1.807, 2.05) is 37.3 Å². The lowest BCUT2D eigenvalue weighted by molar-refractivity contribution is -0.111. The van der Waals surface area contributed by atoms with Gasteiger partial charge in [0, 0.05) is 23.5 Å². The van der Waals surface area contributed by atoms with Crippen LogP contribution in [-0.4, -0.2) is 37.2 Å². The highest BCUT2D eigenvalue weighted by atomic mass is 16.5. The fourth-order valence-electron chi connectivity index (χ4n) is 2.93. The SMILES string of the molecule is COc1cc(C=CC(=O)Nc2cccc(-c3ccnc(C)n3)c2)cc(OC)c1OC. The molecule has 0 atom stereocenters. The van der Waals surface area contributed by atoms with E-state index in [2.05, 4.69) is 15.3 Å². The molecule has 0 spiro atoms. The number of anilines is 1. The van der Waals surface area contributed by atoms with Gasteiger partial charge in [-0.15, -0.1) is 0 Å². The number of carbonyl (C=O) groups is 1. The molecule has 0 unspecified atom stereocenters. The first-order valence-electron chi connectivity index (χ1n) is 9.23. The largest absolute Gasteiger partial charge is 0.493 e. The molecular weight excluding hydrogens is 382 g/mol. The highest BCUT2D eigenvalue weighted by Gasteiger charge is 2.12. The molecule has 1 aromatic heterocycles. The van der Waals surface area contributed by atoms with Gasteiger partial charge in [0.25, 0.3) is 0 Å². The predicted molar refractivity (Wildman–Crippen MR) is 116 cm³/mol. The molecule has 0 radical (unpaired) electrons. The summed E-state index contributed by atoms with van der Waals surface area (Å²) in [6.07, 6.45) is 4.84. The molecule has 0 bridgehead atoms. The molecule has 1 heterocycles. The number of amides is 1. The van der Waals surface area contributed by atoms with Gasteiger partial charge in [0.2, 0.25) is 11.7 Å². The van der Waals surface area contributed by atoms with Gasteiger partial charge in [-0.2, -0.15) is 0 Å². The van der Waals surface area contributed by atoms with Crippen LogP contribution in [0.4, 0.5) is 5.69 Å². The van der Waals surface area contributed by atoms with Crippen molar-refractivity contribution in [2.24, 2.45) is 0 Å². The molecule has 0 fully saturated rings. The lowest BCUT2D eigenvalue weighted by atomic mass is 10.1. The van der Waals surface area contributed by atoms with Crippen molar-refractivity contribution in [1.29, 1.82) is 0 Å². The Bertz CT molecular complexity index is 1050. The van der Waals surface area contributed by atoms with Crippen molar-refractivity contribution in [2.75, 3.05) is 26.6 Å². The van der Waals surface area contributed by atoms with Crippen molar-refractivity contribution < 1.29 is 19.0 Å². The summed E-state index contributed by atoms with van der Waals surface area (Å²) in [6.45, 7) is 1.84. The third-order valence-electron chi connectivity index (χ3n) is 4.32. The maximum Gasteiger partial charge on any atom is 0.248 e. The summed E-state index contributed by atoms with van der Waals surface area (Å²) in [7, 11) is 4.63. The van der Waals surface area contributed by atoms with E-state index in [1.54, 1.807) is 45.7 Å². The molecule has 0 saturated heterocycles. The van der Waals surface area contributed by atoms with E-state index in [0.29, 0.717) is 28.8 Å². The van der Waals surface area contributed by atoms with Crippen LogP contribution in [0.15, 0.2) is 54.7 Å². The lowest BCUT2D eigenvalue weighted by Gasteiger charge is -2.12. The van der Waals surface area contributed by atoms with E-state index in [4.69, 9.17) is 14.2 Å². The van der Waals surface area contributed by atoms with Crippen molar-refractivity contribution in [1.82, 2.24) is 9.97 Å². The molecule has 0 aliphatic heterocycles. The first kappa shape index (κ1) is 20.9. The van der Waals surface area contributed by atoms with E-state index >= 15 is 0 Å². The molecular formula is C23H23N3O4. The van der Waals surface area contributed by atoms with E-state index in [-0.39, 0.29) is 5.91 Å². The molecule has 2 aromatic carbocycles. The van der Waals surface area contributed by atoms with Crippen LogP contribution in [0.25, 0.3) is 17.3 Å². The van der Waals surface area contributed by atoms with Crippen LogP contribution in [0.2, 0.25) is 0 Å². The Kier molecular flexibility index (Phi) is 6.64. The van der Waals surface area contributed by atoms with Gasteiger partial charge in [0.1, 0.15) is 5.82 Å². The van der Waals surface area contributed by atoms with Crippen LogP contribution in [-0.2, 0) is 4.79 Å². The first-order valence-corrected chi connectivity index (χ1v) is 9.23. The minimum absolute atomic E-state index is 0.264. The highest BCUT2D eigenvalue weighted by molar-refractivity contribution is 6.02. The molecule has 0 aliphatic rings. The molecule has 3 aromatic rings. The summed E-state index contributed by atoms with van der Waals surface area (Å²) < 4.78 is 16.0. The fourth-order valence-corrected chi connectivity index (χ4v) is 2.93. The molecule has 154 valence electrons. The van der Waals surface area contributed by atoms with E-state index in [0.717, 1.165) is 16.8 Å². The van der Waals surface area contributed by atoms with Gasteiger partial charge >= 0.3 is 0 Å². The van der Waals surface area contributed by atoms with Crippen molar-refractivity contribution in [2.45, 2.75) is 6.92 Å². The second-order valence-corrected chi connectivity index (χ2v) is 6.35. The van der Waals surface area contributed by atoms with Crippen molar-refractivity contribution in [3.8, 4) is 28.5 Å². The molecule has 0 aliphatic carbocycles. The summed E-state index contributed by atoms with van der Waals surface area (Å²) in [4.78, 5) is 20.9. The van der Waals surface area contributed by atoms with Crippen molar-refractivity contribution in [3.63, 3.8) is 0 Å². The van der Waals surface area contributed by atoms with Gasteiger partial charge in [0.05, 0.1) is 27.0 Å². The van der Waals surface area contributed by atoms with Gasteiger partial charge < -0.3 is 19.5 Å². The number of carbonyl (C=O) groups excluding carboxylic acids is 1. The van der Waals surface area contributed by atoms with Gasteiger partial charge in [0.15, 0.2) is 11.5 Å². The summed E-state index contributed by atoms with van der Waals surface area (Å²) in [5.74, 6) is 1.96. The van der Waals surface area contributed by atoms with Crippen LogP contribution in [0.3, 0.4) is 0 Å². The Labute approximate surface area is 175 Å². The summed E-state index contributed by atoms with van der Waals surface area (Å²) in [6, 6.07) is 12.9. The fraction of sp³-hybridized carbons (Fsp3) is 0.174. The number of hydrogen-bond donors (Lipinski definition) is 1. The number of hydrogen-bond acceptors (Lipinski definition) is 6. The van der Waals surface area contributed by atoms with Crippen LogP contribution in [0, 0.1) is 6.92 Å². The van der Waals surface area contributed by atoms with Gasteiger partial charge in [-0.3, -0.25) is 4.79 Å². The number of ether oxygens (including phenoxy) is 3. The van der Waals surface area contributed by atoms with Crippen LogP contribution in [0.5, 0.6) is 17.2 Å². The van der Waals surface area contributed by atoms with E-state index in [1.165, 1.54) is 6.08 Å². The number of aromatic nitrogens is 2. The van der Waals surface area contributed by atoms with Crippen LogP contribution < -0.4 is 19.5 Å². The Morgan fingerprint density at radius 1 is 1.00 bits per heavy atom. The van der Waals surface area contributed by atoms with Gasteiger partial charge in [-0.05, 0) is 48.9 Å². The number of methoxy groups -OCH3 is 3. The molecule has 1 amide bonds. The smallest absolute Gasteiger partial charge is 0.248 e. The molecule has 0 saturated carbocycles. The molecule has 7 nitrogen and oxygen atoms in total. The van der Waals surface area contributed by atoms with E-state index in [9.17, 15) is 4.79 Å². The molecule has 3 rings (SSSR count). The van der Waals surface area contributed by atoms with Crippen LogP contribution >= 0.6 is 0 Å². The minimum Gasteiger partial charge on any atom is -0.493 e.